The van der Waals surface area contributed by atoms with Crippen LogP contribution in [0.4, 0.5) is 0 Å². The molecule has 1 aromatic heterocycles. The van der Waals surface area contributed by atoms with Crippen molar-refractivity contribution < 1.29 is 4.79 Å². The molecule has 0 bridgehead atoms. The number of H-pyrrole nitrogens is 1. The molecule has 0 unspecified atom stereocenters. The molecule has 1 saturated carbocycles. The number of carbonyl (C=O) groups is 1. The average molecular weight is 323 g/mol. The number of hydrogen-bond donors (Lipinski definition) is 2. The van der Waals surface area contributed by atoms with E-state index in [4.69, 9.17) is 0 Å². The maximum Gasteiger partial charge on any atom is 0.344 e. The average Bonchev–Trinajstić information content (AvgIpc) is 3.23. The topological polar surface area (TPSA) is 104 Å². The number of carbonyl (C=O) groups excluding carboxylic acids is 1. The summed E-state index contributed by atoms with van der Waals surface area (Å²) in [6.07, 6.45) is 1.93. The maximum atomic E-state index is 12.3. The zero-order chi connectivity index (χ0) is 16.5. The summed E-state index contributed by atoms with van der Waals surface area (Å²) < 4.78 is 1.61. The first-order valence-corrected chi connectivity index (χ1v) is 8.23. The summed E-state index contributed by atoms with van der Waals surface area (Å²) >= 11 is 1.23. The van der Waals surface area contributed by atoms with Crippen molar-refractivity contribution in [2.75, 3.05) is 0 Å². The van der Waals surface area contributed by atoms with Gasteiger partial charge in [0.1, 0.15) is 5.54 Å². The molecule has 2 atom stereocenters. The molecule has 2 N–H and O–H groups in total. The number of hydrogen-bond acceptors (Lipinski definition) is 5. The Balaban J connectivity index is 2.06. The second-order valence-electron chi connectivity index (χ2n) is 6.13. The molecule has 1 aromatic rings. The third-order valence-electron chi connectivity index (χ3n) is 4.01. The zero-order valence-corrected chi connectivity index (χ0v) is 14.0. The summed E-state index contributed by atoms with van der Waals surface area (Å²) in [5.41, 5.74) is -1.14. The van der Waals surface area contributed by atoms with Crippen LogP contribution in [0.1, 0.15) is 46.6 Å². The number of thioether (sulfide) groups is 1. The molecule has 120 valence electrons. The number of rotatable bonds is 6. The monoisotopic (exact) mass is 323 g/mol. The van der Waals surface area contributed by atoms with Crippen LogP contribution < -0.4 is 11.0 Å². The molecule has 0 radical (unpaired) electrons. The van der Waals surface area contributed by atoms with E-state index >= 15 is 0 Å². The van der Waals surface area contributed by atoms with Gasteiger partial charge in [0.25, 0.3) is 0 Å². The van der Waals surface area contributed by atoms with Gasteiger partial charge in [-0.3, -0.25) is 9.36 Å². The van der Waals surface area contributed by atoms with Crippen LogP contribution >= 0.6 is 11.8 Å². The van der Waals surface area contributed by atoms with Crippen LogP contribution in [0.15, 0.2) is 9.95 Å². The Labute approximate surface area is 133 Å². The molecule has 0 saturated heterocycles. The van der Waals surface area contributed by atoms with Gasteiger partial charge in [0, 0.05) is 6.04 Å². The smallest absolute Gasteiger partial charge is 0.337 e. The first kappa shape index (κ1) is 16.6. The molecule has 1 heterocycles. The number of nitriles is 1. The highest BCUT2D eigenvalue weighted by Gasteiger charge is 2.33. The van der Waals surface area contributed by atoms with Crippen molar-refractivity contribution in [3.05, 3.63) is 10.5 Å². The summed E-state index contributed by atoms with van der Waals surface area (Å²) in [5, 5.41) is 18.6. The molecule has 1 aliphatic rings. The lowest BCUT2D eigenvalue weighted by Gasteiger charge is -2.28. The molecule has 0 spiro atoms. The molecule has 1 aliphatic carbocycles. The number of nitrogens with zero attached hydrogens (tertiary/aromatic N) is 3. The number of aromatic amines is 1. The predicted octanol–water partition coefficient (Wildman–Crippen LogP) is 1.44. The fourth-order valence-corrected chi connectivity index (χ4v) is 2.82. The quantitative estimate of drug-likeness (QED) is 0.771. The van der Waals surface area contributed by atoms with Gasteiger partial charge in [0.05, 0.1) is 11.3 Å². The summed E-state index contributed by atoms with van der Waals surface area (Å²) in [6, 6.07) is 2.35. The third-order valence-corrected chi connectivity index (χ3v) is 5.07. The summed E-state index contributed by atoms with van der Waals surface area (Å²) in [4.78, 5) is 24.0. The molecular weight excluding hydrogens is 302 g/mol. The van der Waals surface area contributed by atoms with E-state index in [1.807, 2.05) is 13.8 Å². The summed E-state index contributed by atoms with van der Waals surface area (Å²) in [5.74, 6) is -0.241. The fraction of sp³-hybridized carbons (Fsp3) is 0.714. The van der Waals surface area contributed by atoms with Crippen LogP contribution in [0.5, 0.6) is 0 Å². The molecule has 1 amide bonds. The fourth-order valence-electron chi connectivity index (χ4n) is 1.90. The molecule has 0 aliphatic heterocycles. The van der Waals surface area contributed by atoms with E-state index in [0.29, 0.717) is 5.16 Å². The Hall–Kier alpha value is -1.75. The standard InChI is InChI=1S/C14H21N5O2S/c1-8(2)14(4,7-15)16-11(20)9(3)22-13-18-17-12(21)19(13)10-5-6-10/h8-10H,5-6H2,1-4H3,(H,16,20)(H,17,21)/t9-,14-/m0/s1. The normalized spacial score (nSPS) is 18.5. The van der Waals surface area contributed by atoms with E-state index in [-0.39, 0.29) is 23.6 Å². The van der Waals surface area contributed by atoms with Crippen LogP contribution in [0.2, 0.25) is 0 Å². The minimum Gasteiger partial charge on any atom is -0.337 e. The van der Waals surface area contributed by atoms with Crippen molar-refractivity contribution in [1.29, 1.82) is 5.26 Å². The van der Waals surface area contributed by atoms with E-state index in [9.17, 15) is 14.9 Å². The van der Waals surface area contributed by atoms with Gasteiger partial charge in [0.2, 0.25) is 5.91 Å². The molecule has 2 rings (SSSR count). The number of aromatic nitrogens is 3. The van der Waals surface area contributed by atoms with E-state index in [0.717, 1.165) is 12.8 Å². The summed E-state index contributed by atoms with van der Waals surface area (Å²) in [7, 11) is 0. The Kier molecular flexibility index (Phi) is 4.66. The third kappa shape index (κ3) is 3.35. The predicted molar refractivity (Wildman–Crippen MR) is 83.4 cm³/mol. The van der Waals surface area contributed by atoms with Gasteiger partial charge in [-0.1, -0.05) is 25.6 Å². The van der Waals surface area contributed by atoms with E-state index in [1.54, 1.807) is 18.4 Å². The molecule has 0 aromatic carbocycles. The van der Waals surface area contributed by atoms with Crippen LogP contribution in [0, 0.1) is 17.2 Å². The lowest BCUT2D eigenvalue weighted by molar-refractivity contribution is -0.121. The second-order valence-corrected chi connectivity index (χ2v) is 7.44. The SMILES string of the molecule is CC(C)[C@](C)(C#N)NC(=O)[C@H](C)Sc1n[nH]c(=O)n1C1CC1. The molecule has 1 fully saturated rings. The van der Waals surface area contributed by atoms with Crippen molar-refractivity contribution in [3.63, 3.8) is 0 Å². The van der Waals surface area contributed by atoms with Gasteiger partial charge in [-0.25, -0.2) is 9.89 Å². The highest BCUT2D eigenvalue weighted by molar-refractivity contribution is 8.00. The highest BCUT2D eigenvalue weighted by atomic mass is 32.2. The Morgan fingerprint density at radius 3 is 2.68 bits per heavy atom. The maximum absolute atomic E-state index is 12.3. The van der Waals surface area contributed by atoms with Crippen LogP contribution in [0.25, 0.3) is 0 Å². The Bertz CT molecular complexity index is 655. The van der Waals surface area contributed by atoms with Gasteiger partial charge in [-0.15, -0.1) is 5.10 Å². The van der Waals surface area contributed by atoms with Crippen LogP contribution in [-0.4, -0.2) is 31.5 Å². The lowest BCUT2D eigenvalue weighted by Crippen LogP contribution is -2.51. The van der Waals surface area contributed by atoms with Crippen molar-refractivity contribution >= 4 is 17.7 Å². The number of amides is 1. The minimum atomic E-state index is -0.909. The van der Waals surface area contributed by atoms with Crippen molar-refractivity contribution in [2.24, 2.45) is 5.92 Å². The largest absolute Gasteiger partial charge is 0.344 e. The van der Waals surface area contributed by atoms with Gasteiger partial charge in [-0.05, 0) is 32.6 Å². The summed E-state index contributed by atoms with van der Waals surface area (Å²) in [6.45, 7) is 7.23. The second kappa shape index (κ2) is 6.16. The van der Waals surface area contributed by atoms with E-state index in [1.165, 1.54) is 11.8 Å². The van der Waals surface area contributed by atoms with Crippen molar-refractivity contribution in [2.45, 2.75) is 62.5 Å². The first-order chi connectivity index (χ1) is 10.3. The van der Waals surface area contributed by atoms with Gasteiger partial charge < -0.3 is 5.32 Å². The van der Waals surface area contributed by atoms with Gasteiger partial charge in [0.15, 0.2) is 5.16 Å². The Morgan fingerprint density at radius 2 is 2.18 bits per heavy atom. The van der Waals surface area contributed by atoms with Crippen LogP contribution in [0.3, 0.4) is 0 Å². The molecule has 22 heavy (non-hydrogen) atoms. The van der Waals surface area contributed by atoms with E-state index in [2.05, 4.69) is 21.6 Å². The minimum absolute atomic E-state index is 0.00585. The van der Waals surface area contributed by atoms with Crippen molar-refractivity contribution in [1.82, 2.24) is 20.1 Å². The zero-order valence-electron chi connectivity index (χ0n) is 13.2. The molecular formula is C14H21N5O2S. The molecule has 7 nitrogen and oxygen atoms in total. The lowest BCUT2D eigenvalue weighted by atomic mass is 9.90. The van der Waals surface area contributed by atoms with E-state index < -0.39 is 10.8 Å². The van der Waals surface area contributed by atoms with Gasteiger partial charge >= 0.3 is 5.69 Å². The Morgan fingerprint density at radius 1 is 1.55 bits per heavy atom. The first-order valence-electron chi connectivity index (χ1n) is 7.35. The highest BCUT2D eigenvalue weighted by Crippen LogP contribution is 2.36. The van der Waals surface area contributed by atoms with Gasteiger partial charge in [-0.2, -0.15) is 5.26 Å². The van der Waals surface area contributed by atoms with Crippen molar-refractivity contribution in [3.8, 4) is 6.07 Å². The molecule has 8 heteroatoms. The van der Waals surface area contributed by atoms with Crippen LogP contribution in [-0.2, 0) is 4.79 Å². The number of nitrogens with one attached hydrogen (secondary N) is 2.